The number of carbonyl (C=O) groups excluding carboxylic acids is 1. The highest BCUT2D eigenvalue weighted by Crippen LogP contribution is 2.28. The third-order valence-corrected chi connectivity index (χ3v) is 6.28. The highest BCUT2D eigenvalue weighted by Gasteiger charge is 2.42. The zero-order valence-electron chi connectivity index (χ0n) is 12.3. The number of likely N-dealkylation sites (tertiary alicyclic amines) is 1. The van der Waals surface area contributed by atoms with Gasteiger partial charge in [-0.3, -0.25) is 9.69 Å². The lowest BCUT2D eigenvalue weighted by atomic mass is 10.1. The zero-order chi connectivity index (χ0) is 14.9. The van der Waals surface area contributed by atoms with E-state index in [1.807, 2.05) is 0 Å². The van der Waals surface area contributed by atoms with Crippen molar-refractivity contribution in [3.8, 4) is 0 Å². The van der Waals surface area contributed by atoms with Crippen molar-refractivity contribution >= 4 is 15.7 Å². The fourth-order valence-electron chi connectivity index (χ4n) is 3.25. The summed E-state index contributed by atoms with van der Waals surface area (Å²) in [5.74, 6) is 0.660. The van der Waals surface area contributed by atoms with Gasteiger partial charge in [-0.05, 0) is 44.7 Å². The van der Waals surface area contributed by atoms with E-state index in [1.165, 1.54) is 12.8 Å². The summed E-state index contributed by atoms with van der Waals surface area (Å²) in [6.07, 6.45) is 4.61. The van der Waals surface area contributed by atoms with Crippen LogP contribution in [0.25, 0.3) is 0 Å². The Morgan fingerprint density at radius 2 is 1.90 bits per heavy atom. The second-order valence-electron chi connectivity index (χ2n) is 6.52. The largest absolute Gasteiger partial charge is 0.371 e. The molecule has 7 heteroatoms. The van der Waals surface area contributed by atoms with E-state index < -0.39 is 9.84 Å². The molecule has 2 atom stereocenters. The van der Waals surface area contributed by atoms with Crippen molar-refractivity contribution in [3.05, 3.63) is 0 Å². The number of nitrogens with one attached hydrogen (secondary N) is 1. The predicted octanol–water partition coefficient (Wildman–Crippen LogP) is -0.209. The molecule has 2 saturated heterocycles. The minimum absolute atomic E-state index is 0.0414. The normalized spacial score (nSPS) is 32.4. The van der Waals surface area contributed by atoms with Gasteiger partial charge >= 0.3 is 0 Å². The summed E-state index contributed by atoms with van der Waals surface area (Å²) in [6, 6.07) is -0.352. The lowest BCUT2D eigenvalue weighted by Gasteiger charge is -2.28. The molecule has 21 heavy (non-hydrogen) atoms. The number of sulfone groups is 1. The van der Waals surface area contributed by atoms with Crippen molar-refractivity contribution in [2.75, 3.05) is 37.8 Å². The van der Waals surface area contributed by atoms with Crippen LogP contribution in [0.1, 0.15) is 25.7 Å². The number of ether oxygens (including phenoxy) is 1. The SMILES string of the molecule is O=C(COCC1CC1)N[C@@H]1CS(=O)(=O)C[C@@H]1N1CCCC1. The van der Waals surface area contributed by atoms with Gasteiger partial charge in [0, 0.05) is 6.04 Å². The molecule has 3 rings (SSSR count). The topological polar surface area (TPSA) is 75.7 Å². The van der Waals surface area contributed by atoms with Gasteiger partial charge in [-0.15, -0.1) is 0 Å². The highest BCUT2D eigenvalue weighted by atomic mass is 32.2. The molecular formula is C14H24N2O4S. The quantitative estimate of drug-likeness (QED) is 0.734. The van der Waals surface area contributed by atoms with Crippen LogP contribution < -0.4 is 5.32 Å². The second-order valence-corrected chi connectivity index (χ2v) is 8.67. The number of amides is 1. The molecule has 1 aliphatic carbocycles. The highest BCUT2D eigenvalue weighted by molar-refractivity contribution is 7.91. The smallest absolute Gasteiger partial charge is 0.246 e. The molecule has 1 amide bonds. The monoisotopic (exact) mass is 316 g/mol. The molecule has 0 radical (unpaired) electrons. The molecule has 2 aliphatic heterocycles. The number of hydrogen-bond donors (Lipinski definition) is 1. The zero-order valence-corrected chi connectivity index (χ0v) is 13.1. The Bertz CT molecular complexity index is 483. The van der Waals surface area contributed by atoms with Crippen molar-refractivity contribution in [2.45, 2.75) is 37.8 Å². The van der Waals surface area contributed by atoms with Gasteiger partial charge in [-0.25, -0.2) is 8.42 Å². The van der Waals surface area contributed by atoms with Crippen molar-refractivity contribution in [1.29, 1.82) is 0 Å². The fourth-order valence-corrected chi connectivity index (χ4v) is 5.20. The van der Waals surface area contributed by atoms with E-state index in [-0.39, 0.29) is 36.1 Å². The summed E-state index contributed by atoms with van der Waals surface area (Å²) in [5, 5.41) is 2.87. The fraction of sp³-hybridized carbons (Fsp3) is 0.929. The summed E-state index contributed by atoms with van der Waals surface area (Å²) in [6.45, 7) is 2.56. The molecule has 3 fully saturated rings. The van der Waals surface area contributed by atoms with Gasteiger partial charge < -0.3 is 10.1 Å². The van der Waals surface area contributed by atoms with E-state index in [9.17, 15) is 13.2 Å². The van der Waals surface area contributed by atoms with E-state index in [4.69, 9.17) is 4.74 Å². The summed E-state index contributed by atoms with van der Waals surface area (Å²) in [7, 11) is -3.05. The lowest BCUT2D eigenvalue weighted by Crippen LogP contribution is -2.51. The lowest BCUT2D eigenvalue weighted by molar-refractivity contribution is -0.126. The first-order valence-electron chi connectivity index (χ1n) is 7.85. The third-order valence-electron chi connectivity index (χ3n) is 4.56. The first-order chi connectivity index (χ1) is 10.0. The minimum atomic E-state index is -3.05. The Morgan fingerprint density at radius 3 is 2.57 bits per heavy atom. The Kier molecular flexibility index (Phi) is 4.51. The molecule has 6 nitrogen and oxygen atoms in total. The number of carbonyl (C=O) groups is 1. The average Bonchev–Trinajstić information content (AvgIpc) is 2.97. The molecular weight excluding hydrogens is 292 g/mol. The molecule has 0 aromatic carbocycles. The van der Waals surface area contributed by atoms with Crippen LogP contribution in [0.15, 0.2) is 0 Å². The molecule has 0 aromatic heterocycles. The molecule has 3 aliphatic rings. The molecule has 1 N–H and O–H groups in total. The molecule has 2 heterocycles. The maximum Gasteiger partial charge on any atom is 0.246 e. The van der Waals surface area contributed by atoms with E-state index in [1.54, 1.807) is 0 Å². The van der Waals surface area contributed by atoms with E-state index in [2.05, 4.69) is 10.2 Å². The predicted molar refractivity (Wildman–Crippen MR) is 78.7 cm³/mol. The van der Waals surface area contributed by atoms with Crippen LogP contribution >= 0.6 is 0 Å². The van der Waals surface area contributed by atoms with Crippen molar-refractivity contribution < 1.29 is 17.9 Å². The second kappa shape index (κ2) is 6.22. The van der Waals surface area contributed by atoms with Crippen molar-refractivity contribution in [1.82, 2.24) is 10.2 Å². The summed E-state index contributed by atoms with van der Waals surface area (Å²) >= 11 is 0. The van der Waals surface area contributed by atoms with Crippen LogP contribution in [0, 0.1) is 5.92 Å². The Morgan fingerprint density at radius 1 is 1.19 bits per heavy atom. The first-order valence-corrected chi connectivity index (χ1v) is 9.67. The van der Waals surface area contributed by atoms with E-state index in [0.717, 1.165) is 25.9 Å². The number of nitrogens with zero attached hydrogens (tertiary/aromatic N) is 1. The van der Waals surface area contributed by atoms with Crippen LogP contribution in [0.4, 0.5) is 0 Å². The maximum atomic E-state index is 11.9. The molecule has 0 unspecified atom stereocenters. The van der Waals surface area contributed by atoms with Crippen LogP contribution in [0.3, 0.4) is 0 Å². The van der Waals surface area contributed by atoms with Gasteiger partial charge in [0.25, 0.3) is 0 Å². The Hall–Kier alpha value is -0.660. The molecule has 0 bridgehead atoms. The van der Waals surface area contributed by atoms with Crippen LogP contribution in [-0.2, 0) is 19.4 Å². The minimum Gasteiger partial charge on any atom is -0.371 e. The molecule has 120 valence electrons. The van der Waals surface area contributed by atoms with Gasteiger partial charge in [-0.2, -0.15) is 0 Å². The Labute approximate surface area is 126 Å². The van der Waals surface area contributed by atoms with Crippen molar-refractivity contribution in [3.63, 3.8) is 0 Å². The van der Waals surface area contributed by atoms with Crippen LogP contribution in [-0.4, -0.2) is 69.1 Å². The van der Waals surface area contributed by atoms with Crippen LogP contribution in [0.5, 0.6) is 0 Å². The van der Waals surface area contributed by atoms with Gasteiger partial charge in [0.2, 0.25) is 5.91 Å². The van der Waals surface area contributed by atoms with Gasteiger partial charge in [-0.1, -0.05) is 0 Å². The van der Waals surface area contributed by atoms with Gasteiger partial charge in [0.1, 0.15) is 6.61 Å². The maximum absolute atomic E-state index is 11.9. The summed E-state index contributed by atoms with van der Waals surface area (Å²) in [4.78, 5) is 14.1. The molecule has 0 spiro atoms. The third kappa shape index (κ3) is 4.17. The van der Waals surface area contributed by atoms with Gasteiger partial charge in [0.15, 0.2) is 9.84 Å². The summed E-state index contributed by atoms with van der Waals surface area (Å²) < 4.78 is 29.2. The van der Waals surface area contributed by atoms with Gasteiger partial charge in [0.05, 0.1) is 24.2 Å². The van der Waals surface area contributed by atoms with E-state index >= 15 is 0 Å². The van der Waals surface area contributed by atoms with E-state index in [0.29, 0.717) is 12.5 Å². The first kappa shape index (κ1) is 15.2. The standard InChI is InChI=1S/C14H24N2O4S/c17-14(8-20-7-11-3-4-11)15-12-9-21(18,19)10-13(12)16-5-1-2-6-16/h11-13H,1-10H2,(H,15,17)/t12-,13+/m1/s1. The number of hydrogen-bond acceptors (Lipinski definition) is 5. The molecule has 0 aromatic rings. The number of rotatable bonds is 6. The average molecular weight is 316 g/mol. The molecule has 1 saturated carbocycles. The van der Waals surface area contributed by atoms with Crippen LogP contribution in [0.2, 0.25) is 0 Å². The summed E-state index contributed by atoms with van der Waals surface area (Å²) in [5.41, 5.74) is 0. The van der Waals surface area contributed by atoms with Crippen molar-refractivity contribution in [2.24, 2.45) is 5.92 Å². The Balaban J connectivity index is 1.52.